The second kappa shape index (κ2) is 39.9. The van der Waals surface area contributed by atoms with Crippen LogP contribution in [0.2, 0.25) is 8.87 Å². The van der Waals surface area contributed by atoms with Crippen molar-refractivity contribution in [1.29, 1.82) is 0 Å². The first-order valence-corrected chi connectivity index (χ1v) is 22.2. The van der Waals surface area contributed by atoms with Crippen LogP contribution in [-0.2, 0) is 0 Å². The van der Waals surface area contributed by atoms with Gasteiger partial charge >= 0.3 is 171 Å². The summed E-state index contributed by atoms with van der Waals surface area (Å²) in [6.45, 7) is 4.62. The van der Waals surface area contributed by atoms with Gasteiger partial charge in [0.25, 0.3) is 0 Å². The van der Waals surface area contributed by atoms with Crippen molar-refractivity contribution >= 4 is 21.1 Å². The van der Waals surface area contributed by atoms with Gasteiger partial charge in [0.1, 0.15) is 0 Å². The van der Waals surface area contributed by atoms with Crippen molar-refractivity contribution in [2.75, 3.05) is 0 Å². The summed E-state index contributed by atoms with van der Waals surface area (Å²) in [4.78, 5) is 0. The molecule has 38 heavy (non-hydrogen) atoms. The molecule has 0 aromatic carbocycles. The standard InChI is InChI=1S/2C18H37.CH4.Sn/c2*1-3-5-7-9-11-13-15-17-18-16-14-12-10-8-6-4-2;;/h2*1,3-18H2,2H3;1H4;/q;;;+2. The molecule has 0 rings (SSSR count). The molecule has 1 heteroatoms. The fourth-order valence-electron chi connectivity index (χ4n) is 5.72. The molecule has 0 atom stereocenters. The minimum absolute atomic E-state index is 0. The van der Waals surface area contributed by atoms with E-state index < -0.39 is 0 Å². The Kier molecular flexibility index (Phi) is 43.0. The molecule has 0 unspecified atom stereocenters. The molecule has 0 aromatic heterocycles. The predicted molar refractivity (Wildman–Crippen MR) is 181 cm³/mol. The van der Waals surface area contributed by atoms with Crippen LogP contribution in [0, 0.1) is 0 Å². The molecule has 0 aromatic rings. The molecular formula is C37H78Sn+2. The molecule has 0 spiro atoms. The van der Waals surface area contributed by atoms with Gasteiger partial charge in [0, 0.05) is 0 Å². The second-order valence-corrected chi connectivity index (χ2v) is 16.6. The van der Waals surface area contributed by atoms with Crippen LogP contribution >= 0.6 is 0 Å². The molecule has 0 nitrogen and oxygen atoms in total. The van der Waals surface area contributed by atoms with Gasteiger partial charge in [-0.3, -0.25) is 0 Å². The van der Waals surface area contributed by atoms with Crippen molar-refractivity contribution in [1.82, 2.24) is 0 Å². The van der Waals surface area contributed by atoms with E-state index in [1.165, 1.54) is 193 Å². The number of unbranched alkanes of at least 4 members (excludes halogenated alkanes) is 30. The van der Waals surface area contributed by atoms with E-state index in [0.29, 0.717) is 0 Å². The normalized spacial score (nSPS) is 11.0. The van der Waals surface area contributed by atoms with Crippen LogP contribution in [0.5, 0.6) is 0 Å². The van der Waals surface area contributed by atoms with Gasteiger partial charge in [-0.05, 0) is 0 Å². The average Bonchev–Trinajstić information content (AvgIpc) is 2.91. The summed E-state index contributed by atoms with van der Waals surface area (Å²) in [6.07, 6.45) is 47.9. The van der Waals surface area contributed by atoms with Gasteiger partial charge < -0.3 is 0 Å². The van der Waals surface area contributed by atoms with Crippen LogP contribution in [0.4, 0.5) is 0 Å². The van der Waals surface area contributed by atoms with Crippen molar-refractivity contribution in [3.63, 3.8) is 0 Å². The van der Waals surface area contributed by atoms with Gasteiger partial charge in [-0.1, -0.05) is 85.5 Å². The molecule has 0 aliphatic heterocycles. The summed E-state index contributed by atoms with van der Waals surface area (Å²) < 4.78 is 3.33. The van der Waals surface area contributed by atoms with Crippen molar-refractivity contribution < 1.29 is 0 Å². The Hall–Kier alpha value is 0.799. The van der Waals surface area contributed by atoms with Crippen LogP contribution in [0.15, 0.2) is 0 Å². The fraction of sp³-hybridized carbons (Fsp3) is 1.00. The molecule has 0 N–H and O–H groups in total. The van der Waals surface area contributed by atoms with Gasteiger partial charge in [0.2, 0.25) is 0 Å². The van der Waals surface area contributed by atoms with Gasteiger partial charge in [-0.15, -0.1) is 0 Å². The SMILES string of the molecule is C.CCCCCCCCCCCCCCCCC[CH2][Sn+2][CH2]CCCCCCCCCCCCCCCCC. The average molecular weight is 642 g/mol. The smallest absolute Gasteiger partial charge is 0.0654 e. The Morgan fingerprint density at radius 3 is 0.579 bits per heavy atom. The van der Waals surface area contributed by atoms with Crippen molar-refractivity contribution in [2.24, 2.45) is 0 Å². The predicted octanol–water partition coefficient (Wildman–Crippen LogP) is 14.7. The summed E-state index contributed by atoms with van der Waals surface area (Å²) in [6, 6.07) is 0. The Bertz CT molecular complexity index is 332. The minimum atomic E-state index is 0. The van der Waals surface area contributed by atoms with E-state index in [9.17, 15) is 0 Å². The van der Waals surface area contributed by atoms with E-state index >= 15 is 0 Å². The van der Waals surface area contributed by atoms with E-state index in [4.69, 9.17) is 0 Å². The fourth-order valence-corrected chi connectivity index (χ4v) is 9.29. The summed E-state index contributed by atoms with van der Waals surface area (Å²) >= 11 is 0.00985. The Morgan fingerprint density at radius 1 is 0.237 bits per heavy atom. The minimum Gasteiger partial charge on any atom is -0.0654 e. The van der Waals surface area contributed by atoms with Gasteiger partial charge in [-0.2, -0.15) is 0 Å². The first kappa shape index (κ1) is 40.9. The van der Waals surface area contributed by atoms with E-state index in [1.807, 2.05) is 0 Å². The maximum atomic E-state index is 2.31. The number of rotatable bonds is 34. The van der Waals surface area contributed by atoms with Gasteiger partial charge in [-0.25, -0.2) is 0 Å². The molecule has 0 aliphatic carbocycles. The zero-order chi connectivity index (χ0) is 26.7. The zero-order valence-corrected chi connectivity index (χ0v) is 29.4. The van der Waals surface area contributed by atoms with Crippen molar-refractivity contribution in [2.45, 2.75) is 236 Å². The van der Waals surface area contributed by atoms with Gasteiger partial charge in [0.15, 0.2) is 0 Å². The van der Waals surface area contributed by atoms with E-state index in [2.05, 4.69) is 13.8 Å². The van der Waals surface area contributed by atoms with Crippen LogP contribution in [0.3, 0.4) is 0 Å². The zero-order valence-electron chi connectivity index (χ0n) is 26.5. The molecule has 0 bridgehead atoms. The molecule has 0 saturated heterocycles. The third-order valence-corrected chi connectivity index (χ3v) is 12.5. The quantitative estimate of drug-likeness (QED) is 0.0484. The van der Waals surface area contributed by atoms with Gasteiger partial charge in [0.05, 0.1) is 0 Å². The molecule has 0 radical (unpaired) electrons. The van der Waals surface area contributed by atoms with Crippen LogP contribution in [-0.4, -0.2) is 21.1 Å². The monoisotopic (exact) mass is 643 g/mol. The maximum absolute atomic E-state index is 2.31. The Balaban J connectivity index is 0. The van der Waals surface area contributed by atoms with Crippen molar-refractivity contribution in [3.8, 4) is 0 Å². The second-order valence-electron chi connectivity index (χ2n) is 12.4. The summed E-state index contributed by atoms with van der Waals surface area (Å²) in [7, 11) is 0. The molecule has 0 amide bonds. The van der Waals surface area contributed by atoms with E-state index in [1.54, 1.807) is 21.7 Å². The summed E-state index contributed by atoms with van der Waals surface area (Å²) in [5.74, 6) is 0. The Labute approximate surface area is 255 Å². The summed E-state index contributed by atoms with van der Waals surface area (Å²) in [5, 5.41) is 0. The first-order chi connectivity index (χ1) is 18.4. The van der Waals surface area contributed by atoms with Crippen LogP contribution < -0.4 is 0 Å². The molecule has 0 saturated carbocycles. The van der Waals surface area contributed by atoms with Crippen LogP contribution in [0.1, 0.15) is 227 Å². The van der Waals surface area contributed by atoms with E-state index in [-0.39, 0.29) is 28.6 Å². The number of hydrogen-bond acceptors (Lipinski definition) is 0. The molecule has 0 aliphatic rings. The number of hydrogen-bond donors (Lipinski definition) is 0. The summed E-state index contributed by atoms with van der Waals surface area (Å²) in [5.41, 5.74) is 0. The third kappa shape index (κ3) is 38.9. The molecule has 0 heterocycles. The van der Waals surface area contributed by atoms with Crippen LogP contribution in [0.25, 0.3) is 0 Å². The van der Waals surface area contributed by atoms with E-state index in [0.717, 1.165) is 0 Å². The van der Waals surface area contributed by atoms with Crippen molar-refractivity contribution in [3.05, 3.63) is 0 Å². The Morgan fingerprint density at radius 2 is 0.395 bits per heavy atom. The molecule has 0 fully saturated rings. The topological polar surface area (TPSA) is 0 Å². The molecule has 228 valence electrons. The third-order valence-electron chi connectivity index (χ3n) is 8.41. The first-order valence-electron chi connectivity index (χ1n) is 18.1. The molecular weight excluding hydrogens is 563 g/mol.